The number of ether oxygens (including phenoxy) is 1. The number of carbonyl (C=O) groups excluding carboxylic acids is 2. The molecule has 2 amide bonds. The van der Waals surface area contributed by atoms with Gasteiger partial charge in [-0.05, 0) is 42.2 Å². The Kier molecular flexibility index (Phi) is 8.79. The second-order valence-corrected chi connectivity index (χ2v) is 9.32. The van der Waals surface area contributed by atoms with Crippen molar-refractivity contribution in [3.63, 3.8) is 0 Å². The number of nitrogens with zero attached hydrogens (tertiary/aromatic N) is 1. The molecule has 1 aliphatic carbocycles. The van der Waals surface area contributed by atoms with E-state index >= 15 is 0 Å². The van der Waals surface area contributed by atoms with Gasteiger partial charge in [-0.15, -0.1) is 0 Å². The van der Waals surface area contributed by atoms with Gasteiger partial charge in [-0.3, -0.25) is 9.59 Å². The molecule has 1 aliphatic rings. The van der Waals surface area contributed by atoms with E-state index in [2.05, 4.69) is 5.32 Å². The molecule has 3 aromatic rings. The molecule has 1 fully saturated rings. The number of halogens is 1. The van der Waals surface area contributed by atoms with E-state index in [1.807, 2.05) is 66.7 Å². The van der Waals surface area contributed by atoms with Crippen LogP contribution in [0.3, 0.4) is 0 Å². The van der Waals surface area contributed by atoms with Crippen molar-refractivity contribution in [3.8, 4) is 5.75 Å². The van der Waals surface area contributed by atoms with Gasteiger partial charge in [0.15, 0.2) is 6.61 Å². The highest BCUT2D eigenvalue weighted by molar-refractivity contribution is 6.31. The normalized spacial score (nSPS) is 14.3. The molecular weight excluding hydrogens is 460 g/mol. The number of hydrogen-bond donors (Lipinski definition) is 1. The van der Waals surface area contributed by atoms with Crippen molar-refractivity contribution >= 4 is 23.4 Å². The SMILES string of the molecule is O=C(NC1CCCC1)[C@H](Cc1ccccc1)N(Cc1ccccc1Cl)C(=O)COc1ccccc1. The first kappa shape index (κ1) is 24.8. The van der Waals surface area contributed by atoms with E-state index < -0.39 is 6.04 Å². The predicted molar refractivity (Wildman–Crippen MR) is 138 cm³/mol. The number of rotatable bonds is 10. The number of para-hydroxylation sites is 1. The first-order chi connectivity index (χ1) is 17.1. The van der Waals surface area contributed by atoms with Crippen LogP contribution in [0.15, 0.2) is 84.9 Å². The number of hydrogen-bond acceptors (Lipinski definition) is 3. The highest BCUT2D eigenvalue weighted by Gasteiger charge is 2.32. The molecule has 0 aliphatic heterocycles. The maximum atomic E-state index is 13.6. The Morgan fingerprint density at radius 1 is 0.914 bits per heavy atom. The topological polar surface area (TPSA) is 58.6 Å². The van der Waals surface area contributed by atoms with Crippen molar-refractivity contribution in [1.82, 2.24) is 10.2 Å². The minimum atomic E-state index is -0.693. The summed E-state index contributed by atoms with van der Waals surface area (Å²) in [5.74, 6) is 0.200. The summed E-state index contributed by atoms with van der Waals surface area (Å²) < 4.78 is 5.77. The molecular formula is C29H31ClN2O3. The van der Waals surface area contributed by atoms with Gasteiger partial charge in [0.2, 0.25) is 5.91 Å². The van der Waals surface area contributed by atoms with Crippen LogP contribution in [0.1, 0.15) is 36.8 Å². The smallest absolute Gasteiger partial charge is 0.261 e. The van der Waals surface area contributed by atoms with Gasteiger partial charge in [0.25, 0.3) is 5.91 Å². The van der Waals surface area contributed by atoms with Crippen molar-refractivity contribution in [2.75, 3.05) is 6.61 Å². The number of amides is 2. The second-order valence-electron chi connectivity index (χ2n) is 8.91. The summed E-state index contributed by atoms with van der Waals surface area (Å²) in [5, 5.41) is 3.76. The van der Waals surface area contributed by atoms with Gasteiger partial charge in [0.05, 0.1) is 0 Å². The van der Waals surface area contributed by atoms with Gasteiger partial charge in [0, 0.05) is 24.0 Å². The lowest BCUT2D eigenvalue weighted by Gasteiger charge is -2.32. The Balaban J connectivity index is 1.61. The third kappa shape index (κ3) is 7.09. The van der Waals surface area contributed by atoms with E-state index in [0.29, 0.717) is 17.2 Å². The van der Waals surface area contributed by atoms with Gasteiger partial charge >= 0.3 is 0 Å². The Labute approximate surface area is 212 Å². The Morgan fingerprint density at radius 3 is 2.23 bits per heavy atom. The van der Waals surface area contributed by atoms with Crippen molar-refractivity contribution in [1.29, 1.82) is 0 Å². The third-order valence-electron chi connectivity index (χ3n) is 6.38. The fourth-order valence-electron chi connectivity index (χ4n) is 4.48. The lowest BCUT2D eigenvalue weighted by molar-refractivity contribution is -0.143. The fraction of sp³-hybridized carbons (Fsp3) is 0.310. The standard InChI is InChI=1S/C29H31ClN2O3/c30-26-18-10-7-13-23(26)20-32(28(33)21-35-25-16-5-2-6-17-25)27(19-22-11-3-1-4-12-22)29(34)31-24-14-8-9-15-24/h1-7,10-13,16-18,24,27H,8-9,14-15,19-21H2,(H,31,34)/t27-/m0/s1. The average molecular weight is 491 g/mol. The van der Waals surface area contributed by atoms with E-state index in [9.17, 15) is 9.59 Å². The molecule has 0 spiro atoms. The van der Waals surface area contributed by atoms with Crippen molar-refractivity contribution in [2.24, 2.45) is 0 Å². The molecule has 35 heavy (non-hydrogen) atoms. The summed E-state index contributed by atoms with van der Waals surface area (Å²) in [7, 11) is 0. The van der Waals surface area contributed by atoms with E-state index in [4.69, 9.17) is 16.3 Å². The van der Waals surface area contributed by atoms with Crippen LogP contribution in [-0.2, 0) is 22.6 Å². The highest BCUT2D eigenvalue weighted by Crippen LogP contribution is 2.22. The molecule has 0 saturated heterocycles. The zero-order valence-electron chi connectivity index (χ0n) is 19.7. The van der Waals surface area contributed by atoms with Gasteiger partial charge < -0.3 is 15.0 Å². The maximum Gasteiger partial charge on any atom is 0.261 e. The summed E-state index contributed by atoms with van der Waals surface area (Å²) in [4.78, 5) is 28.8. The summed E-state index contributed by atoms with van der Waals surface area (Å²) in [6.07, 6.45) is 4.57. The molecule has 3 aromatic carbocycles. The van der Waals surface area contributed by atoms with E-state index in [-0.39, 0.29) is 31.0 Å². The summed E-state index contributed by atoms with van der Waals surface area (Å²) in [6, 6.07) is 25.9. The maximum absolute atomic E-state index is 13.6. The Morgan fingerprint density at radius 2 is 1.54 bits per heavy atom. The van der Waals surface area contributed by atoms with Gasteiger partial charge in [-0.25, -0.2) is 0 Å². The molecule has 0 unspecified atom stereocenters. The molecule has 0 radical (unpaired) electrons. The number of carbonyl (C=O) groups is 2. The zero-order valence-corrected chi connectivity index (χ0v) is 20.5. The Bertz CT molecular complexity index is 1100. The summed E-state index contributed by atoms with van der Waals surface area (Å²) in [5.41, 5.74) is 1.77. The van der Waals surface area contributed by atoms with Crippen molar-refractivity contribution < 1.29 is 14.3 Å². The predicted octanol–water partition coefficient (Wildman–Crippen LogP) is 5.42. The average Bonchev–Trinajstić information content (AvgIpc) is 3.40. The van der Waals surface area contributed by atoms with Crippen LogP contribution in [0.25, 0.3) is 0 Å². The van der Waals surface area contributed by atoms with E-state index in [1.165, 1.54) is 0 Å². The van der Waals surface area contributed by atoms with E-state index in [1.54, 1.807) is 23.1 Å². The third-order valence-corrected chi connectivity index (χ3v) is 6.75. The summed E-state index contributed by atoms with van der Waals surface area (Å²) in [6.45, 7) is 0.0444. The Hall–Kier alpha value is -3.31. The van der Waals surface area contributed by atoms with Crippen LogP contribution >= 0.6 is 11.6 Å². The molecule has 0 heterocycles. The number of benzene rings is 3. The minimum absolute atomic E-state index is 0.138. The molecule has 182 valence electrons. The molecule has 5 nitrogen and oxygen atoms in total. The molecule has 6 heteroatoms. The lowest BCUT2D eigenvalue weighted by Crippen LogP contribution is -2.53. The molecule has 1 atom stereocenters. The fourth-order valence-corrected chi connectivity index (χ4v) is 4.67. The largest absolute Gasteiger partial charge is 0.484 e. The molecule has 1 saturated carbocycles. The van der Waals surface area contributed by atoms with E-state index in [0.717, 1.165) is 36.8 Å². The molecule has 4 rings (SSSR count). The molecule has 0 aromatic heterocycles. The molecule has 0 bridgehead atoms. The van der Waals surface area contributed by atoms with Gasteiger partial charge in [0.1, 0.15) is 11.8 Å². The first-order valence-electron chi connectivity index (χ1n) is 12.1. The molecule has 1 N–H and O–H groups in total. The van der Waals surface area contributed by atoms with Crippen LogP contribution in [0.2, 0.25) is 5.02 Å². The first-order valence-corrected chi connectivity index (χ1v) is 12.5. The minimum Gasteiger partial charge on any atom is -0.484 e. The van der Waals surface area contributed by atoms with Crippen LogP contribution < -0.4 is 10.1 Å². The zero-order chi connectivity index (χ0) is 24.5. The monoisotopic (exact) mass is 490 g/mol. The van der Waals surface area contributed by atoms with Crippen molar-refractivity contribution in [3.05, 3.63) is 101 Å². The van der Waals surface area contributed by atoms with Crippen molar-refractivity contribution in [2.45, 2.75) is 50.7 Å². The second kappa shape index (κ2) is 12.4. The van der Waals surface area contributed by atoms with Gasteiger partial charge in [-0.2, -0.15) is 0 Å². The van der Waals surface area contributed by atoms with Gasteiger partial charge in [-0.1, -0.05) is 91.2 Å². The van der Waals surface area contributed by atoms with Crippen LogP contribution in [-0.4, -0.2) is 35.4 Å². The highest BCUT2D eigenvalue weighted by atomic mass is 35.5. The quantitative estimate of drug-likeness (QED) is 0.413. The summed E-state index contributed by atoms with van der Waals surface area (Å²) >= 11 is 6.46. The van der Waals surface area contributed by atoms with Crippen LogP contribution in [0, 0.1) is 0 Å². The number of nitrogens with one attached hydrogen (secondary N) is 1. The van der Waals surface area contributed by atoms with Crippen LogP contribution in [0.4, 0.5) is 0 Å². The lowest BCUT2D eigenvalue weighted by atomic mass is 10.0. The van der Waals surface area contributed by atoms with Crippen LogP contribution in [0.5, 0.6) is 5.75 Å².